The van der Waals surface area contributed by atoms with Gasteiger partial charge in [0, 0.05) is 10.4 Å². The van der Waals surface area contributed by atoms with Crippen LogP contribution in [0.2, 0.25) is 0 Å². The van der Waals surface area contributed by atoms with Crippen molar-refractivity contribution in [2.24, 2.45) is 0 Å². The highest BCUT2D eigenvalue weighted by Crippen LogP contribution is 2.36. The van der Waals surface area contributed by atoms with Crippen LogP contribution >= 0.6 is 11.3 Å². The Morgan fingerprint density at radius 1 is 1.16 bits per heavy atom. The fourth-order valence-electron chi connectivity index (χ4n) is 2.02. The molecule has 0 saturated heterocycles. The monoisotopic (exact) mass is 274 g/mol. The highest BCUT2D eigenvalue weighted by molar-refractivity contribution is 7.17. The van der Waals surface area contributed by atoms with E-state index in [1.807, 2.05) is 24.3 Å². The number of thiophene rings is 1. The first kappa shape index (κ1) is 13.8. The van der Waals surface area contributed by atoms with Crippen molar-refractivity contribution in [1.29, 1.82) is 0 Å². The molecule has 100 valence electrons. The van der Waals surface area contributed by atoms with Crippen LogP contribution < -0.4 is 4.74 Å². The number of hydrogen-bond donors (Lipinski definition) is 0. The van der Waals surface area contributed by atoms with Crippen LogP contribution in [0.5, 0.6) is 5.75 Å². The van der Waals surface area contributed by atoms with Crippen LogP contribution in [0.3, 0.4) is 0 Å². The Kier molecular flexibility index (Phi) is 3.76. The SMILES string of the molecule is COc1ccc(-c2ccc(C=O)s2)cc1C(C)(C)C. The van der Waals surface area contributed by atoms with E-state index in [9.17, 15) is 4.79 Å². The number of hydrogen-bond acceptors (Lipinski definition) is 3. The molecule has 0 bridgehead atoms. The largest absolute Gasteiger partial charge is 0.496 e. The van der Waals surface area contributed by atoms with Gasteiger partial charge in [-0.3, -0.25) is 4.79 Å². The van der Waals surface area contributed by atoms with Crippen LogP contribution in [0.25, 0.3) is 10.4 Å². The lowest BCUT2D eigenvalue weighted by molar-refractivity contribution is 0.112. The van der Waals surface area contributed by atoms with Gasteiger partial charge in [0.2, 0.25) is 0 Å². The maximum atomic E-state index is 10.8. The first-order chi connectivity index (χ1) is 8.95. The molecule has 2 nitrogen and oxygen atoms in total. The van der Waals surface area contributed by atoms with Gasteiger partial charge in [-0.15, -0.1) is 11.3 Å². The fourth-order valence-corrected chi connectivity index (χ4v) is 2.84. The molecule has 0 aliphatic carbocycles. The molecule has 0 atom stereocenters. The molecule has 1 aromatic heterocycles. The molecule has 1 aromatic carbocycles. The number of methoxy groups -OCH3 is 1. The zero-order valence-electron chi connectivity index (χ0n) is 11.7. The standard InChI is InChI=1S/C16H18O2S/c1-16(2,3)13-9-11(5-7-14(13)18-4)15-8-6-12(10-17)19-15/h5-10H,1-4H3. The summed E-state index contributed by atoms with van der Waals surface area (Å²) in [7, 11) is 1.69. The molecule has 0 unspecified atom stereocenters. The molecule has 0 saturated carbocycles. The molecule has 0 spiro atoms. The Morgan fingerprint density at radius 2 is 1.89 bits per heavy atom. The molecule has 1 heterocycles. The lowest BCUT2D eigenvalue weighted by Crippen LogP contribution is -2.12. The molecule has 0 aliphatic rings. The summed E-state index contributed by atoms with van der Waals surface area (Å²) in [4.78, 5) is 12.6. The molecule has 2 aromatic rings. The predicted molar refractivity (Wildman–Crippen MR) is 80.4 cm³/mol. The van der Waals surface area contributed by atoms with Gasteiger partial charge in [0.05, 0.1) is 12.0 Å². The topological polar surface area (TPSA) is 26.3 Å². The van der Waals surface area contributed by atoms with Gasteiger partial charge in [0.1, 0.15) is 5.75 Å². The number of ether oxygens (including phenoxy) is 1. The van der Waals surface area contributed by atoms with Gasteiger partial charge in [0.25, 0.3) is 0 Å². The fraction of sp³-hybridized carbons (Fsp3) is 0.312. The van der Waals surface area contributed by atoms with Crippen molar-refractivity contribution in [3.05, 3.63) is 40.8 Å². The summed E-state index contributed by atoms with van der Waals surface area (Å²) >= 11 is 1.51. The van der Waals surface area contributed by atoms with E-state index in [0.717, 1.165) is 27.4 Å². The predicted octanol–water partition coefficient (Wildman–Crippen LogP) is 4.53. The van der Waals surface area contributed by atoms with Crippen LogP contribution in [-0.2, 0) is 5.41 Å². The van der Waals surface area contributed by atoms with E-state index in [4.69, 9.17) is 4.74 Å². The molecular formula is C16H18O2S. The average Bonchev–Trinajstić information content (AvgIpc) is 2.85. The van der Waals surface area contributed by atoms with E-state index in [1.165, 1.54) is 16.9 Å². The van der Waals surface area contributed by atoms with Crippen LogP contribution in [0.4, 0.5) is 0 Å². The van der Waals surface area contributed by atoms with Crippen molar-refractivity contribution in [3.63, 3.8) is 0 Å². The summed E-state index contributed by atoms with van der Waals surface area (Å²) in [6.07, 6.45) is 0.891. The van der Waals surface area contributed by atoms with Gasteiger partial charge in [-0.05, 0) is 41.3 Å². The highest BCUT2D eigenvalue weighted by atomic mass is 32.1. The van der Waals surface area contributed by atoms with Crippen LogP contribution in [-0.4, -0.2) is 13.4 Å². The van der Waals surface area contributed by atoms with Crippen molar-refractivity contribution in [2.75, 3.05) is 7.11 Å². The summed E-state index contributed by atoms with van der Waals surface area (Å²) in [5.74, 6) is 0.906. The molecule has 0 radical (unpaired) electrons. The van der Waals surface area contributed by atoms with E-state index < -0.39 is 0 Å². The number of carbonyl (C=O) groups is 1. The van der Waals surface area contributed by atoms with Crippen LogP contribution in [0, 0.1) is 0 Å². The quantitative estimate of drug-likeness (QED) is 0.768. The Morgan fingerprint density at radius 3 is 2.42 bits per heavy atom. The van der Waals surface area contributed by atoms with Crippen molar-refractivity contribution < 1.29 is 9.53 Å². The maximum absolute atomic E-state index is 10.8. The minimum absolute atomic E-state index is 0.0199. The average molecular weight is 274 g/mol. The normalized spacial score (nSPS) is 11.4. The smallest absolute Gasteiger partial charge is 0.160 e. The number of aldehydes is 1. The van der Waals surface area contributed by atoms with Gasteiger partial charge in [-0.1, -0.05) is 20.8 Å². The number of rotatable bonds is 3. The third kappa shape index (κ3) is 2.87. The third-order valence-electron chi connectivity index (χ3n) is 3.03. The molecule has 0 amide bonds. The van der Waals surface area contributed by atoms with Gasteiger partial charge in [-0.25, -0.2) is 0 Å². The van der Waals surface area contributed by atoms with Crippen molar-refractivity contribution in [1.82, 2.24) is 0 Å². The summed E-state index contributed by atoms with van der Waals surface area (Å²) < 4.78 is 5.44. The summed E-state index contributed by atoms with van der Waals surface area (Å²) in [6, 6.07) is 10.0. The third-order valence-corrected chi connectivity index (χ3v) is 4.09. The molecule has 19 heavy (non-hydrogen) atoms. The second-order valence-corrected chi connectivity index (χ2v) is 6.60. The molecule has 3 heteroatoms. The van der Waals surface area contributed by atoms with E-state index >= 15 is 0 Å². The first-order valence-corrected chi connectivity index (χ1v) is 7.01. The molecule has 0 fully saturated rings. The van der Waals surface area contributed by atoms with Crippen LogP contribution in [0.1, 0.15) is 36.0 Å². The second kappa shape index (κ2) is 5.17. The van der Waals surface area contributed by atoms with E-state index in [2.05, 4.69) is 26.8 Å². The van der Waals surface area contributed by atoms with E-state index in [0.29, 0.717) is 0 Å². The first-order valence-electron chi connectivity index (χ1n) is 6.19. The maximum Gasteiger partial charge on any atom is 0.160 e. The summed E-state index contributed by atoms with van der Waals surface area (Å²) in [5, 5.41) is 0. The van der Waals surface area contributed by atoms with Gasteiger partial charge >= 0.3 is 0 Å². The molecule has 0 N–H and O–H groups in total. The Balaban J connectivity index is 2.51. The minimum atomic E-state index is 0.0199. The van der Waals surface area contributed by atoms with Gasteiger partial charge in [0.15, 0.2) is 6.29 Å². The molecule has 0 aliphatic heterocycles. The molecular weight excluding hydrogens is 256 g/mol. The summed E-state index contributed by atoms with van der Waals surface area (Å²) in [5.41, 5.74) is 2.32. The number of carbonyl (C=O) groups excluding carboxylic acids is 1. The Labute approximate surface area is 118 Å². The second-order valence-electron chi connectivity index (χ2n) is 5.48. The highest BCUT2D eigenvalue weighted by Gasteiger charge is 2.19. The Bertz CT molecular complexity index is 591. The van der Waals surface area contributed by atoms with Crippen molar-refractivity contribution in [3.8, 4) is 16.2 Å². The lowest BCUT2D eigenvalue weighted by atomic mass is 9.85. The van der Waals surface area contributed by atoms with Crippen molar-refractivity contribution in [2.45, 2.75) is 26.2 Å². The van der Waals surface area contributed by atoms with Crippen LogP contribution in [0.15, 0.2) is 30.3 Å². The zero-order valence-corrected chi connectivity index (χ0v) is 12.5. The summed E-state index contributed by atoms with van der Waals surface area (Å²) in [6.45, 7) is 6.50. The molecule has 2 rings (SSSR count). The minimum Gasteiger partial charge on any atom is -0.496 e. The van der Waals surface area contributed by atoms with E-state index in [-0.39, 0.29) is 5.41 Å². The van der Waals surface area contributed by atoms with Gasteiger partial charge in [-0.2, -0.15) is 0 Å². The zero-order chi connectivity index (χ0) is 14.0. The van der Waals surface area contributed by atoms with E-state index in [1.54, 1.807) is 7.11 Å². The van der Waals surface area contributed by atoms with Crippen molar-refractivity contribution >= 4 is 17.6 Å². The number of benzene rings is 1. The Hall–Kier alpha value is -1.61. The van der Waals surface area contributed by atoms with Gasteiger partial charge < -0.3 is 4.74 Å². The lowest BCUT2D eigenvalue weighted by Gasteiger charge is -2.22.